The summed E-state index contributed by atoms with van der Waals surface area (Å²) in [7, 11) is 1.56. The van der Waals surface area contributed by atoms with Crippen molar-refractivity contribution in [2.45, 2.75) is 18.9 Å². The summed E-state index contributed by atoms with van der Waals surface area (Å²) >= 11 is 0. The van der Waals surface area contributed by atoms with Crippen LogP contribution >= 0.6 is 0 Å². The zero-order chi connectivity index (χ0) is 6.69. The van der Waals surface area contributed by atoms with Gasteiger partial charge < -0.3 is 10.1 Å². The second-order valence-electron chi connectivity index (χ2n) is 2.01. The summed E-state index contributed by atoms with van der Waals surface area (Å²) in [5, 5.41) is 2.38. The molecule has 0 aliphatic heterocycles. The molecule has 3 nitrogen and oxygen atoms in total. The van der Waals surface area contributed by atoms with Gasteiger partial charge in [-0.2, -0.15) is 0 Å². The van der Waals surface area contributed by atoms with Crippen LogP contribution in [0, 0.1) is 6.42 Å². The topological polar surface area (TPSA) is 38.3 Å². The first-order chi connectivity index (χ1) is 4.33. The summed E-state index contributed by atoms with van der Waals surface area (Å²) in [6.45, 7) is 0. The van der Waals surface area contributed by atoms with Gasteiger partial charge in [-0.1, -0.05) is 0 Å². The molecule has 3 heteroatoms. The highest BCUT2D eigenvalue weighted by atomic mass is 16.6. The summed E-state index contributed by atoms with van der Waals surface area (Å²) in [5.41, 5.74) is 0. The van der Waals surface area contributed by atoms with E-state index in [1.54, 1.807) is 7.05 Å². The number of amides is 1. The molecule has 0 saturated heterocycles. The number of hydrogen-bond donors (Lipinski definition) is 1. The molecule has 51 valence electrons. The van der Waals surface area contributed by atoms with Crippen LogP contribution in [0.3, 0.4) is 0 Å². The van der Waals surface area contributed by atoms with Crippen molar-refractivity contribution in [3.05, 3.63) is 6.42 Å². The minimum absolute atomic E-state index is 0.0740. The van der Waals surface area contributed by atoms with Crippen molar-refractivity contribution in [2.75, 3.05) is 7.05 Å². The van der Waals surface area contributed by atoms with Gasteiger partial charge in [0, 0.05) is 13.5 Å². The van der Waals surface area contributed by atoms with Gasteiger partial charge in [0.2, 0.25) is 0 Å². The van der Waals surface area contributed by atoms with Crippen LogP contribution in [-0.2, 0) is 4.74 Å². The van der Waals surface area contributed by atoms with E-state index in [1.807, 2.05) is 6.42 Å². The zero-order valence-corrected chi connectivity index (χ0v) is 5.39. The molecule has 0 aromatic heterocycles. The SMILES string of the molecule is CNC(=O)OC1[CH]CC1. The second kappa shape index (κ2) is 2.71. The lowest BCUT2D eigenvalue weighted by Crippen LogP contribution is -2.30. The van der Waals surface area contributed by atoms with E-state index in [-0.39, 0.29) is 12.2 Å². The van der Waals surface area contributed by atoms with Crippen LogP contribution in [0.25, 0.3) is 0 Å². The monoisotopic (exact) mass is 128 g/mol. The Hall–Kier alpha value is -0.730. The van der Waals surface area contributed by atoms with Crippen molar-refractivity contribution < 1.29 is 9.53 Å². The van der Waals surface area contributed by atoms with Gasteiger partial charge in [-0.15, -0.1) is 0 Å². The van der Waals surface area contributed by atoms with Crippen molar-refractivity contribution in [2.24, 2.45) is 0 Å². The quantitative estimate of drug-likeness (QED) is 0.564. The highest BCUT2D eigenvalue weighted by Gasteiger charge is 2.20. The van der Waals surface area contributed by atoms with Gasteiger partial charge in [0.05, 0.1) is 0 Å². The Morgan fingerprint density at radius 1 is 1.89 bits per heavy atom. The van der Waals surface area contributed by atoms with Crippen LogP contribution in [0.5, 0.6) is 0 Å². The summed E-state index contributed by atoms with van der Waals surface area (Å²) in [6.07, 6.45) is 3.77. The lowest BCUT2D eigenvalue weighted by atomic mass is 9.96. The molecule has 0 spiro atoms. The van der Waals surface area contributed by atoms with Crippen molar-refractivity contribution >= 4 is 6.09 Å². The normalized spacial score (nSPS) is 18.3. The number of ether oxygens (including phenoxy) is 1. The van der Waals surface area contributed by atoms with E-state index in [4.69, 9.17) is 4.74 Å². The number of carbonyl (C=O) groups excluding carboxylic acids is 1. The smallest absolute Gasteiger partial charge is 0.407 e. The Labute approximate surface area is 54.4 Å². The fourth-order valence-corrected chi connectivity index (χ4v) is 0.606. The van der Waals surface area contributed by atoms with Crippen molar-refractivity contribution in [3.8, 4) is 0 Å². The Kier molecular flexibility index (Phi) is 1.92. The lowest BCUT2D eigenvalue weighted by molar-refractivity contribution is 0.0877. The number of rotatable bonds is 1. The molecule has 1 rings (SSSR count). The van der Waals surface area contributed by atoms with Gasteiger partial charge in [-0.3, -0.25) is 0 Å². The minimum atomic E-state index is -0.337. The molecule has 1 fully saturated rings. The molecule has 1 saturated carbocycles. The molecular formula is C6H10NO2. The molecule has 1 unspecified atom stereocenters. The Morgan fingerprint density at radius 3 is 2.89 bits per heavy atom. The van der Waals surface area contributed by atoms with E-state index >= 15 is 0 Å². The van der Waals surface area contributed by atoms with Crippen LogP contribution in [0.4, 0.5) is 4.79 Å². The van der Waals surface area contributed by atoms with Gasteiger partial charge in [0.25, 0.3) is 0 Å². The van der Waals surface area contributed by atoms with E-state index in [1.165, 1.54) is 0 Å². The molecule has 9 heavy (non-hydrogen) atoms. The van der Waals surface area contributed by atoms with Crippen molar-refractivity contribution in [1.29, 1.82) is 0 Å². The predicted molar refractivity (Wildman–Crippen MR) is 32.9 cm³/mol. The molecule has 0 aromatic rings. The number of nitrogens with one attached hydrogen (secondary N) is 1. The summed E-state index contributed by atoms with van der Waals surface area (Å²) in [6, 6.07) is 0. The number of alkyl carbamates (subject to hydrolysis) is 1. The Balaban J connectivity index is 2.09. The molecule has 0 heterocycles. The van der Waals surface area contributed by atoms with Crippen LogP contribution < -0.4 is 5.32 Å². The zero-order valence-electron chi connectivity index (χ0n) is 5.39. The largest absolute Gasteiger partial charge is 0.446 e. The van der Waals surface area contributed by atoms with E-state index in [2.05, 4.69) is 5.32 Å². The van der Waals surface area contributed by atoms with Gasteiger partial charge in [-0.25, -0.2) is 4.79 Å². The number of carbonyl (C=O) groups is 1. The Morgan fingerprint density at radius 2 is 2.56 bits per heavy atom. The lowest BCUT2D eigenvalue weighted by Gasteiger charge is -2.24. The van der Waals surface area contributed by atoms with E-state index < -0.39 is 0 Å². The summed E-state index contributed by atoms with van der Waals surface area (Å²) in [4.78, 5) is 10.5. The van der Waals surface area contributed by atoms with E-state index in [0.717, 1.165) is 12.8 Å². The highest BCUT2D eigenvalue weighted by Crippen LogP contribution is 2.20. The van der Waals surface area contributed by atoms with Crippen LogP contribution in [0.2, 0.25) is 0 Å². The molecule has 0 bridgehead atoms. The summed E-state index contributed by atoms with van der Waals surface area (Å²) < 4.78 is 4.83. The molecule has 0 aromatic carbocycles. The highest BCUT2D eigenvalue weighted by molar-refractivity contribution is 5.67. The molecule has 1 amide bonds. The maximum Gasteiger partial charge on any atom is 0.407 e. The maximum absolute atomic E-state index is 10.5. The maximum atomic E-state index is 10.5. The Bertz CT molecular complexity index is 110. The predicted octanol–water partition coefficient (Wildman–Crippen LogP) is 0.709. The summed E-state index contributed by atoms with van der Waals surface area (Å²) in [5.74, 6) is 0. The first-order valence-electron chi connectivity index (χ1n) is 3.04. The number of hydrogen-bond acceptors (Lipinski definition) is 2. The van der Waals surface area contributed by atoms with E-state index in [9.17, 15) is 4.79 Å². The molecular weight excluding hydrogens is 118 g/mol. The van der Waals surface area contributed by atoms with Gasteiger partial charge >= 0.3 is 6.09 Å². The molecule has 1 atom stereocenters. The van der Waals surface area contributed by atoms with Gasteiger partial charge in [-0.05, 0) is 12.8 Å². The third kappa shape index (κ3) is 1.59. The molecule has 1 radical (unpaired) electrons. The molecule has 1 N–H and O–H groups in total. The second-order valence-corrected chi connectivity index (χ2v) is 2.01. The van der Waals surface area contributed by atoms with Crippen LogP contribution in [0.1, 0.15) is 12.8 Å². The van der Waals surface area contributed by atoms with Gasteiger partial charge in [0.15, 0.2) is 0 Å². The fraction of sp³-hybridized carbons (Fsp3) is 0.667. The third-order valence-corrected chi connectivity index (χ3v) is 1.34. The average molecular weight is 128 g/mol. The average Bonchev–Trinajstić information content (AvgIpc) is 1.78. The van der Waals surface area contributed by atoms with Gasteiger partial charge in [0.1, 0.15) is 6.10 Å². The van der Waals surface area contributed by atoms with Crippen LogP contribution in [-0.4, -0.2) is 19.2 Å². The molecule has 1 aliphatic rings. The third-order valence-electron chi connectivity index (χ3n) is 1.34. The van der Waals surface area contributed by atoms with Crippen molar-refractivity contribution in [1.82, 2.24) is 5.32 Å². The van der Waals surface area contributed by atoms with Crippen LogP contribution in [0.15, 0.2) is 0 Å². The standard InChI is InChI=1S/C6H10NO2/c1-7-6(8)9-5-3-2-4-5/h3,5H,2,4H2,1H3,(H,7,8). The van der Waals surface area contributed by atoms with E-state index in [0.29, 0.717) is 0 Å². The fourth-order valence-electron chi connectivity index (χ4n) is 0.606. The first kappa shape index (κ1) is 6.39. The first-order valence-corrected chi connectivity index (χ1v) is 3.04. The minimum Gasteiger partial charge on any atom is -0.446 e. The molecule has 1 aliphatic carbocycles. The van der Waals surface area contributed by atoms with Crippen molar-refractivity contribution in [3.63, 3.8) is 0 Å².